The molecular weight excluding hydrogens is 440 g/mol. The highest BCUT2D eigenvalue weighted by Crippen LogP contribution is 2.34. The summed E-state index contributed by atoms with van der Waals surface area (Å²) in [5, 5.41) is 2.29. The van der Waals surface area contributed by atoms with Gasteiger partial charge in [0.15, 0.2) is 11.5 Å². The Morgan fingerprint density at radius 3 is 2.55 bits per heavy atom. The highest BCUT2D eigenvalue weighted by Gasteiger charge is 2.36. The van der Waals surface area contributed by atoms with Crippen LogP contribution in [0, 0.1) is 19.8 Å². The number of carbonyl (C=O) groups is 3. The van der Waals surface area contributed by atoms with E-state index in [1.165, 1.54) is 0 Å². The highest BCUT2D eigenvalue weighted by molar-refractivity contribution is 8.18. The smallest absolute Gasteiger partial charge is 0.294 e. The minimum Gasteiger partial charge on any atom is -0.493 e. The fraction of sp³-hybridized carbons (Fsp3) is 0.320. The monoisotopic (exact) mass is 468 g/mol. The number of nitrogens with zero attached hydrogens (tertiary/aromatic N) is 1. The first kappa shape index (κ1) is 24.4. The summed E-state index contributed by atoms with van der Waals surface area (Å²) in [6.07, 6.45) is 1.61. The molecule has 7 nitrogen and oxygen atoms in total. The molecule has 2 aromatic rings. The molecule has 174 valence electrons. The first-order chi connectivity index (χ1) is 15.7. The molecule has 1 aliphatic heterocycles. The van der Waals surface area contributed by atoms with Crippen LogP contribution >= 0.6 is 11.8 Å². The minimum atomic E-state index is -0.500. The summed E-state index contributed by atoms with van der Waals surface area (Å²) in [5.41, 5.74) is 3.33. The van der Waals surface area contributed by atoms with E-state index in [-0.39, 0.29) is 11.4 Å². The van der Waals surface area contributed by atoms with Crippen molar-refractivity contribution >= 4 is 40.6 Å². The predicted octanol–water partition coefficient (Wildman–Crippen LogP) is 5.02. The van der Waals surface area contributed by atoms with Crippen molar-refractivity contribution in [1.82, 2.24) is 4.90 Å². The summed E-state index contributed by atoms with van der Waals surface area (Å²) >= 11 is 0.808. The summed E-state index contributed by atoms with van der Waals surface area (Å²) < 4.78 is 11.2. The van der Waals surface area contributed by atoms with Crippen LogP contribution < -0.4 is 14.8 Å². The summed E-state index contributed by atoms with van der Waals surface area (Å²) in [6, 6.07) is 11.0. The number of anilines is 1. The molecule has 1 fully saturated rings. The Hall–Kier alpha value is -3.26. The van der Waals surface area contributed by atoms with E-state index in [0.29, 0.717) is 35.3 Å². The molecule has 0 unspecified atom stereocenters. The SMILES string of the molecule is COc1cc(/C=C2\SC(=O)N(CC(=O)Nc3ccc(C)cc3C)C2=O)ccc1OCC(C)C. The molecule has 0 aliphatic carbocycles. The summed E-state index contributed by atoms with van der Waals surface area (Å²) in [5.74, 6) is 0.586. The van der Waals surface area contributed by atoms with E-state index < -0.39 is 17.1 Å². The molecule has 3 amide bonds. The molecule has 3 rings (SSSR count). The average molecular weight is 469 g/mol. The molecule has 0 atom stereocenters. The van der Waals surface area contributed by atoms with Gasteiger partial charge in [0.1, 0.15) is 6.54 Å². The van der Waals surface area contributed by atoms with Gasteiger partial charge < -0.3 is 14.8 Å². The lowest BCUT2D eigenvalue weighted by atomic mass is 10.1. The van der Waals surface area contributed by atoms with Gasteiger partial charge in [-0.25, -0.2) is 0 Å². The summed E-state index contributed by atoms with van der Waals surface area (Å²) in [6.45, 7) is 8.17. The number of methoxy groups -OCH3 is 1. The molecule has 0 spiro atoms. The van der Waals surface area contributed by atoms with Gasteiger partial charge in [-0.05, 0) is 66.9 Å². The van der Waals surface area contributed by atoms with Gasteiger partial charge in [-0.1, -0.05) is 37.6 Å². The van der Waals surface area contributed by atoms with Crippen molar-refractivity contribution in [1.29, 1.82) is 0 Å². The molecule has 2 aromatic carbocycles. The van der Waals surface area contributed by atoms with Gasteiger partial charge in [-0.15, -0.1) is 0 Å². The fourth-order valence-corrected chi connectivity index (χ4v) is 4.06. The van der Waals surface area contributed by atoms with Crippen molar-refractivity contribution in [3.05, 3.63) is 58.0 Å². The van der Waals surface area contributed by atoms with Crippen molar-refractivity contribution in [3.63, 3.8) is 0 Å². The second-order valence-electron chi connectivity index (χ2n) is 8.25. The average Bonchev–Trinajstić information content (AvgIpc) is 3.01. The molecule has 0 bridgehead atoms. The van der Waals surface area contributed by atoms with Gasteiger partial charge in [0.05, 0.1) is 18.6 Å². The number of thioether (sulfide) groups is 1. The van der Waals surface area contributed by atoms with Crippen molar-refractivity contribution in [2.45, 2.75) is 27.7 Å². The van der Waals surface area contributed by atoms with E-state index in [2.05, 4.69) is 19.2 Å². The fourth-order valence-electron chi connectivity index (χ4n) is 3.22. The molecule has 8 heteroatoms. The molecule has 33 heavy (non-hydrogen) atoms. The number of amides is 3. The third kappa shape index (κ3) is 6.16. The Balaban J connectivity index is 1.70. The quantitative estimate of drug-likeness (QED) is 0.548. The molecule has 0 aromatic heterocycles. The van der Waals surface area contributed by atoms with E-state index in [9.17, 15) is 14.4 Å². The first-order valence-electron chi connectivity index (χ1n) is 10.6. The Bertz CT molecular complexity index is 1110. The van der Waals surface area contributed by atoms with Crippen LogP contribution in [0.2, 0.25) is 0 Å². The Morgan fingerprint density at radius 2 is 1.88 bits per heavy atom. The maximum Gasteiger partial charge on any atom is 0.294 e. The largest absolute Gasteiger partial charge is 0.493 e. The van der Waals surface area contributed by atoms with Crippen molar-refractivity contribution < 1.29 is 23.9 Å². The van der Waals surface area contributed by atoms with Gasteiger partial charge in [0.25, 0.3) is 11.1 Å². The van der Waals surface area contributed by atoms with Gasteiger partial charge in [-0.3, -0.25) is 19.3 Å². The van der Waals surface area contributed by atoms with Crippen LogP contribution in [0.1, 0.15) is 30.5 Å². The number of nitrogens with one attached hydrogen (secondary N) is 1. The van der Waals surface area contributed by atoms with Crippen LogP contribution in [-0.2, 0) is 9.59 Å². The van der Waals surface area contributed by atoms with Gasteiger partial charge >= 0.3 is 0 Å². The van der Waals surface area contributed by atoms with Crippen LogP contribution in [-0.4, -0.2) is 42.2 Å². The zero-order chi connectivity index (χ0) is 24.1. The number of rotatable bonds is 8. The molecule has 1 aliphatic rings. The van der Waals surface area contributed by atoms with Crippen LogP contribution in [0.3, 0.4) is 0 Å². The second-order valence-corrected chi connectivity index (χ2v) is 9.24. The molecule has 1 saturated heterocycles. The molecule has 1 N–H and O–H groups in total. The second kappa shape index (κ2) is 10.6. The number of ether oxygens (including phenoxy) is 2. The Labute approximate surface area is 198 Å². The number of hydrogen-bond donors (Lipinski definition) is 1. The van der Waals surface area contributed by atoms with Gasteiger partial charge in [0.2, 0.25) is 5.91 Å². The van der Waals surface area contributed by atoms with Gasteiger partial charge in [-0.2, -0.15) is 0 Å². The van der Waals surface area contributed by atoms with Crippen molar-refractivity contribution in [2.75, 3.05) is 25.6 Å². The normalized spacial score (nSPS) is 14.8. The first-order valence-corrected chi connectivity index (χ1v) is 11.4. The predicted molar refractivity (Wildman–Crippen MR) is 131 cm³/mol. The summed E-state index contributed by atoms with van der Waals surface area (Å²) in [4.78, 5) is 38.9. The third-order valence-electron chi connectivity index (χ3n) is 4.89. The Kier molecular flexibility index (Phi) is 7.81. The minimum absolute atomic E-state index is 0.247. The third-order valence-corrected chi connectivity index (χ3v) is 5.80. The number of aryl methyl sites for hydroxylation is 2. The Morgan fingerprint density at radius 1 is 1.12 bits per heavy atom. The lowest BCUT2D eigenvalue weighted by molar-refractivity contribution is -0.127. The molecule has 1 heterocycles. The molecule has 0 saturated carbocycles. The van der Waals surface area contributed by atoms with Gasteiger partial charge in [0, 0.05) is 5.69 Å². The van der Waals surface area contributed by atoms with E-state index in [1.807, 2.05) is 26.0 Å². The van der Waals surface area contributed by atoms with Crippen molar-refractivity contribution in [2.24, 2.45) is 5.92 Å². The van der Waals surface area contributed by atoms with Crippen LogP contribution in [0.15, 0.2) is 41.3 Å². The van der Waals surface area contributed by atoms with Crippen LogP contribution in [0.4, 0.5) is 10.5 Å². The number of imide groups is 1. The zero-order valence-corrected chi connectivity index (χ0v) is 20.2. The van der Waals surface area contributed by atoms with Crippen LogP contribution in [0.25, 0.3) is 6.08 Å². The van der Waals surface area contributed by atoms with Crippen LogP contribution in [0.5, 0.6) is 11.5 Å². The lowest BCUT2D eigenvalue weighted by Crippen LogP contribution is -2.36. The lowest BCUT2D eigenvalue weighted by Gasteiger charge is -2.14. The molecule has 0 radical (unpaired) electrons. The standard InChI is InChI=1S/C25H28N2O5S/c1-15(2)14-32-20-9-7-18(11-21(20)31-5)12-22-24(29)27(25(30)33-22)13-23(28)26-19-8-6-16(3)10-17(19)4/h6-12,15H,13-14H2,1-5H3,(H,26,28)/b22-12-. The van der Waals surface area contributed by atoms with Crippen molar-refractivity contribution in [3.8, 4) is 11.5 Å². The highest BCUT2D eigenvalue weighted by atomic mass is 32.2. The van der Waals surface area contributed by atoms with E-state index >= 15 is 0 Å². The van der Waals surface area contributed by atoms with E-state index in [0.717, 1.165) is 27.8 Å². The maximum atomic E-state index is 12.8. The maximum absolute atomic E-state index is 12.8. The number of hydrogen-bond acceptors (Lipinski definition) is 6. The van der Waals surface area contributed by atoms with E-state index in [1.54, 1.807) is 37.5 Å². The zero-order valence-electron chi connectivity index (χ0n) is 19.4. The topological polar surface area (TPSA) is 84.9 Å². The van der Waals surface area contributed by atoms with E-state index in [4.69, 9.17) is 9.47 Å². The number of benzene rings is 2. The summed E-state index contributed by atoms with van der Waals surface area (Å²) in [7, 11) is 1.55. The number of carbonyl (C=O) groups excluding carboxylic acids is 3. The molecular formula is C25H28N2O5S.